The predicted octanol–water partition coefficient (Wildman–Crippen LogP) is 1.38. The Balaban J connectivity index is 1.98. The smallest absolute Gasteiger partial charge is 0.321 e. The normalized spacial score (nSPS) is 22.4. The molecule has 2 N–H and O–H groups in total. The van der Waals surface area contributed by atoms with Gasteiger partial charge in [0.25, 0.3) is 0 Å². The molecule has 18 heavy (non-hydrogen) atoms. The fourth-order valence-electron chi connectivity index (χ4n) is 1.66. The summed E-state index contributed by atoms with van der Waals surface area (Å²) in [5, 5.41) is 20.3. The second kappa shape index (κ2) is 5.76. The van der Waals surface area contributed by atoms with E-state index in [-0.39, 0.29) is 12.0 Å². The number of hydrogen-bond donors (Lipinski definition) is 2. The van der Waals surface area contributed by atoms with E-state index >= 15 is 0 Å². The molecule has 0 aromatic heterocycles. The quantitative estimate of drug-likeness (QED) is 0.855. The zero-order valence-electron chi connectivity index (χ0n) is 9.50. The molecule has 1 aromatic rings. The van der Waals surface area contributed by atoms with Crippen LogP contribution in [0.25, 0.3) is 0 Å². The monoisotopic (exact) mass is 264 g/mol. The van der Waals surface area contributed by atoms with Gasteiger partial charge in [0.2, 0.25) is 0 Å². The number of aliphatic carboxylic acids is 1. The maximum atomic E-state index is 10.8. The summed E-state index contributed by atoms with van der Waals surface area (Å²) in [7, 11) is 0. The van der Waals surface area contributed by atoms with Crippen molar-refractivity contribution in [2.24, 2.45) is 0 Å². The molecule has 94 valence electrons. The number of rotatable bonds is 4. The van der Waals surface area contributed by atoms with Gasteiger partial charge in [0.1, 0.15) is 17.9 Å². The molecule has 0 unspecified atom stereocenters. The molecule has 0 amide bonds. The van der Waals surface area contributed by atoms with Crippen LogP contribution in [-0.4, -0.2) is 29.5 Å². The number of carboxylic acid groups (broad SMARTS) is 1. The first kappa shape index (κ1) is 12.7. The van der Waals surface area contributed by atoms with Crippen molar-refractivity contribution in [3.63, 3.8) is 0 Å². The zero-order valence-corrected chi connectivity index (χ0v) is 10.3. The number of thioether (sulfide) groups is 1. The summed E-state index contributed by atoms with van der Waals surface area (Å²) in [6, 6.07) is 8.72. The Morgan fingerprint density at radius 2 is 2.28 bits per heavy atom. The Labute approximate surface area is 109 Å². The van der Waals surface area contributed by atoms with Crippen molar-refractivity contribution < 1.29 is 14.6 Å². The average Bonchev–Trinajstić information content (AvgIpc) is 2.87. The van der Waals surface area contributed by atoms with Crippen LogP contribution in [-0.2, 0) is 4.79 Å². The van der Waals surface area contributed by atoms with Crippen molar-refractivity contribution >= 4 is 17.7 Å². The lowest BCUT2D eigenvalue weighted by Crippen LogP contribution is -2.33. The third kappa shape index (κ3) is 2.94. The van der Waals surface area contributed by atoms with E-state index in [9.17, 15) is 4.79 Å². The van der Waals surface area contributed by atoms with Gasteiger partial charge in [-0.25, -0.2) is 0 Å². The van der Waals surface area contributed by atoms with Crippen LogP contribution in [0, 0.1) is 11.3 Å². The lowest BCUT2D eigenvalue weighted by Gasteiger charge is -2.11. The molecule has 0 bridgehead atoms. The van der Waals surface area contributed by atoms with Crippen molar-refractivity contribution in [2.45, 2.75) is 11.4 Å². The van der Waals surface area contributed by atoms with Gasteiger partial charge in [-0.1, -0.05) is 12.1 Å². The molecule has 1 aliphatic rings. The van der Waals surface area contributed by atoms with Crippen LogP contribution in [0.3, 0.4) is 0 Å². The van der Waals surface area contributed by atoms with E-state index in [1.165, 1.54) is 0 Å². The van der Waals surface area contributed by atoms with E-state index in [4.69, 9.17) is 15.1 Å². The minimum atomic E-state index is -0.820. The Bertz CT molecular complexity index is 469. The molecule has 2 rings (SSSR count). The fraction of sp³-hybridized carbons (Fsp3) is 0.333. The highest BCUT2D eigenvalue weighted by Crippen LogP contribution is 2.33. The van der Waals surface area contributed by atoms with E-state index in [1.807, 2.05) is 18.2 Å². The number of nitrogens with one attached hydrogen (secondary N) is 1. The highest BCUT2D eigenvalue weighted by molar-refractivity contribution is 7.99. The molecule has 5 nitrogen and oxygen atoms in total. The van der Waals surface area contributed by atoms with Gasteiger partial charge in [-0.05, 0) is 17.7 Å². The lowest BCUT2D eigenvalue weighted by molar-refractivity contribution is -0.138. The molecular weight excluding hydrogens is 252 g/mol. The van der Waals surface area contributed by atoms with Crippen LogP contribution in [0.5, 0.6) is 5.75 Å². The first-order valence-electron chi connectivity index (χ1n) is 5.41. The number of carbonyl (C=O) groups is 1. The van der Waals surface area contributed by atoms with Crippen LogP contribution >= 0.6 is 11.8 Å². The molecule has 1 saturated heterocycles. The molecule has 0 aliphatic carbocycles. The summed E-state index contributed by atoms with van der Waals surface area (Å²) >= 11 is 1.57. The molecule has 6 heteroatoms. The Morgan fingerprint density at radius 1 is 1.56 bits per heavy atom. The molecule has 1 aromatic carbocycles. The Kier molecular flexibility index (Phi) is 4.07. The number of hydrogen-bond acceptors (Lipinski definition) is 5. The van der Waals surface area contributed by atoms with Gasteiger partial charge in [-0.2, -0.15) is 5.26 Å². The Morgan fingerprint density at radius 3 is 2.83 bits per heavy atom. The molecule has 1 aliphatic heterocycles. The molecular formula is C12H12N2O3S. The van der Waals surface area contributed by atoms with E-state index < -0.39 is 12.0 Å². The minimum absolute atomic E-state index is 0.00360. The predicted molar refractivity (Wildman–Crippen MR) is 67.3 cm³/mol. The molecule has 1 heterocycles. The zero-order chi connectivity index (χ0) is 13.0. The van der Waals surface area contributed by atoms with Crippen LogP contribution in [0.4, 0.5) is 0 Å². The summed E-state index contributed by atoms with van der Waals surface area (Å²) in [6.07, 6.45) is 0. The molecule has 0 radical (unpaired) electrons. The van der Waals surface area contributed by atoms with Crippen LogP contribution in [0.1, 0.15) is 10.9 Å². The van der Waals surface area contributed by atoms with Gasteiger partial charge in [0.15, 0.2) is 6.61 Å². The van der Waals surface area contributed by atoms with Gasteiger partial charge >= 0.3 is 5.97 Å². The van der Waals surface area contributed by atoms with Gasteiger partial charge in [0.05, 0.1) is 5.37 Å². The van der Waals surface area contributed by atoms with Gasteiger partial charge in [-0.15, -0.1) is 11.8 Å². The number of nitrogens with zero attached hydrogens (tertiary/aromatic N) is 1. The summed E-state index contributed by atoms with van der Waals surface area (Å²) in [5.41, 5.74) is 1.01. The van der Waals surface area contributed by atoms with Gasteiger partial charge < -0.3 is 9.84 Å². The highest BCUT2D eigenvalue weighted by atomic mass is 32.2. The maximum Gasteiger partial charge on any atom is 0.321 e. The highest BCUT2D eigenvalue weighted by Gasteiger charge is 2.30. The van der Waals surface area contributed by atoms with Crippen molar-refractivity contribution in [1.82, 2.24) is 5.32 Å². The van der Waals surface area contributed by atoms with Gasteiger partial charge in [0, 0.05) is 5.75 Å². The van der Waals surface area contributed by atoms with Crippen LogP contribution in [0.15, 0.2) is 24.3 Å². The number of nitriles is 1. The first-order chi connectivity index (χ1) is 8.70. The second-order valence-corrected chi connectivity index (χ2v) is 4.92. The first-order valence-corrected chi connectivity index (χ1v) is 6.46. The average molecular weight is 264 g/mol. The summed E-state index contributed by atoms with van der Waals surface area (Å²) in [6.45, 7) is 0.0247. The van der Waals surface area contributed by atoms with E-state index in [1.54, 1.807) is 23.9 Å². The Hall–Kier alpha value is -1.71. The molecule has 0 spiro atoms. The molecule has 1 fully saturated rings. The second-order valence-electron chi connectivity index (χ2n) is 3.79. The van der Waals surface area contributed by atoms with Crippen molar-refractivity contribution in [1.29, 1.82) is 5.26 Å². The number of ether oxygens (including phenoxy) is 1. The van der Waals surface area contributed by atoms with Crippen molar-refractivity contribution in [2.75, 3.05) is 12.4 Å². The summed E-state index contributed by atoms with van der Waals surface area (Å²) in [5.74, 6) is 0.379. The van der Waals surface area contributed by atoms with Crippen LogP contribution < -0.4 is 10.1 Å². The van der Waals surface area contributed by atoms with Gasteiger partial charge in [-0.3, -0.25) is 10.1 Å². The fourth-order valence-corrected chi connectivity index (χ4v) is 2.89. The SMILES string of the molecule is N#CCOc1ccc([C@@H]2N[C@H](C(=O)O)CS2)cc1. The van der Waals surface area contributed by atoms with Crippen molar-refractivity contribution in [3.05, 3.63) is 29.8 Å². The van der Waals surface area contributed by atoms with E-state index in [2.05, 4.69) is 5.32 Å². The summed E-state index contributed by atoms with van der Waals surface area (Å²) < 4.78 is 5.15. The number of carboxylic acids is 1. The summed E-state index contributed by atoms with van der Waals surface area (Å²) in [4.78, 5) is 10.8. The maximum absolute atomic E-state index is 10.8. The third-order valence-electron chi connectivity index (χ3n) is 2.57. The molecule has 2 atom stereocenters. The van der Waals surface area contributed by atoms with Crippen molar-refractivity contribution in [3.8, 4) is 11.8 Å². The van der Waals surface area contributed by atoms with E-state index in [0.717, 1.165) is 5.56 Å². The largest absolute Gasteiger partial charge is 0.480 e. The van der Waals surface area contributed by atoms with Crippen LogP contribution in [0.2, 0.25) is 0 Å². The van der Waals surface area contributed by atoms with E-state index in [0.29, 0.717) is 11.5 Å². The third-order valence-corrected chi connectivity index (χ3v) is 3.83. The molecule has 0 saturated carbocycles. The standard InChI is InChI=1S/C12H12N2O3S/c13-5-6-17-9-3-1-8(2-4-9)11-14-10(7-18-11)12(15)16/h1-4,10-11,14H,6-7H2,(H,15,16)/t10-,11+/m0/s1. The minimum Gasteiger partial charge on any atom is -0.480 e. The lowest BCUT2D eigenvalue weighted by atomic mass is 10.2. The topological polar surface area (TPSA) is 82.3 Å². The number of benzene rings is 1.